The van der Waals surface area contributed by atoms with E-state index in [9.17, 15) is 14.4 Å². The van der Waals surface area contributed by atoms with Gasteiger partial charge in [-0.3, -0.25) is 14.4 Å². The molecule has 2 atom stereocenters. The van der Waals surface area contributed by atoms with Gasteiger partial charge < -0.3 is 4.74 Å². The molecule has 1 N–H and O–H groups in total. The van der Waals surface area contributed by atoms with Gasteiger partial charge in [0.25, 0.3) is 5.91 Å². The van der Waals surface area contributed by atoms with E-state index < -0.39 is 23.2 Å². The van der Waals surface area contributed by atoms with Gasteiger partial charge in [-0.05, 0) is 65.1 Å². The molecule has 1 heterocycles. The lowest BCUT2D eigenvalue weighted by atomic mass is 9.47. The second-order valence-corrected chi connectivity index (χ2v) is 11.3. The molecule has 208 valence electrons. The SMILES string of the molecule is COc1cccc(C(=O)N/N=C\C23c4ccccc4C(c4ccccc42)[C@H]2C(=O)N(c4cc(Cl)ccc4C)C(=O)[C@@H]23)c1. The van der Waals surface area contributed by atoms with E-state index in [-0.39, 0.29) is 17.7 Å². The van der Waals surface area contributed by atoms with Crippen molar-refractivity contribution >= 4 is 41.2 Å². The molecule has 3 aliphatic carbocycles. The van der Waals surface area contributed by atoms with E-state index in [1.807, 2.05) is 61.5 Å². The van der Waals surface area contributed by atoms with E-state index in [2.05, 4.69) is 10.5 Å². The molecule has 4 aromatic carbocycles. The summed E-state index contributed by atoms with van der Waals surface area (Å²) in [6.07, 6.45) is 1.65. The monoisotopic (exact) mass is 575 g/mol. The van der Waals surface area contributed by atoms with Crippen LogP contribution in [0.1, 0.15) is 44.1 Å². The number of hydrazone groups is 1. The van der Waals surface area contributed by atoms with Crippen molar-refractivity contribution in [2.75, 3.05) is 12.0 Å². The number of amides is 3. The zero-order valence-electron chi connectivity index (χ0n) is 22.9. The summed E-state index contributed by atoms with van der Waals surface area (Å²) in [4.78, 5) is 43.2. The number of carbonyl (C=O) groups excluding carboxylic acids is 3. The molecule has 0 radical (unpaired) electrons. The first-order valence-electron chi connectivity index (χ1n) is 13.7. The number of hydrogen-bond acceptors (Lipinski definition) is 5. The third-order valence-corrected chi connectivity index (χ3v) is 9.10. The van der Waals surface area contributed by atoms with Gasteiger partial charge in [-0.25, -0.2) is 10.3 Å². The Morgan fingerprint density at radius 1 is 0.929 bits per heavy atom. The number of methoxy groups -OCH3 is 1. The van der Waals surface area contributed by atoms with Crippen LogP contribution in [0.3, 0.4) is 0 Å². The first-order valence-corrected chi connectivity index (χ1v) is 14.1. The zero-order chi connectivity index (χ0) is 29.2. The maximum absolute atomic E-state index is 14.5. The number of nitrogens with one attached hydrogen (secondary N) is 1. The molecular weight excluding hydrogens is 550 g/mol. The Hall–Kier alpha value is -4.75. The summed E-state index contributed by atoms with van der Waals surface area (Å²) in [5.74, 6) is -2.17. The minimum atomic E-state index is -1.10. The Kier molecular flexibility index (Phi) is 6.02. The van der Waals surface area contributed by atoms with Crippen LogP contribution >= 0.6 is 11.6 Å². The van der Waals surface area contributed by atoms with E-state index in [1.54, 1.807) is 42.6 Å². The molecule has 1 saturated heterocycles. The third kappa shape index (κ3) is 3.59. The molecule has 4 aromatic rings. The van der Waals surface area contributed by atoms with Crippen LogP contribution in [0, 0.1) is 18.8 Å². The zero-order valence-corrected chi connectivity index (χ0v) is 23.6. The van der Waals surface area contributed by atoms with Crippen LogP contribution in [0.15, 0.2) is 96.1 Å². The molecule has 0 saturated carbocycles. The Balaban J connectivity index is 1.40. The van der Waals surface area contributed by atoms with Crippen molar-refractivity contribution in [3.05, 3.63) is 129 Å². The van der Waals surface area contributed by atoms with E-state index in [0.717, 1.165) is 27.8 Å². The molecule has 42 heavy (non-hydrogen) atoms. The van der Waals surface area contributed by atoms with E-state index in [1.165, 1.54) is 12.0 Å². The average molecular weight is 576 g/mol. The van der Waals surface area contributed by atoms with E-state index >= 15 is 0 Å². The van der Waals surface area contributed by atoms with Gasteiger partial charge in [-0.15, -0.1) is 0 Å². The smallest absolute Gasteiger partial charge is 0.271 e. The van der Waals surface area contributed by atoms with Crippen LogP contribution in [0.5, 0.6) is 5.75 Å². The highest BCUT2D eigenvalue weighted by molar-refractivity contribution is 6.31. The van der Waals surface area contributed by atoms with Gasteiger partial charge in [-0.1, -0.05) is 72.3 Å². The number of nitrogens with zero attached hydrogens (tertiary/aromatic N) is 2. The van der Waals surface area contributed by atoms with Gasteiger partial charge in [-0.2, -0.15) is 5.10 Å². The average Bonchev–Trinajstić information content (AvgIpc) is 3.28. The lowest BCUT2D eigenvalue weighted by Gasteiger charge is -2.52. The number of anilines is 1. The molecule has 1 fully saturated rings. The lowest BCUT2D eigenvalue weighted by molar-refractivity contribution is -0.122. The molecular formula is C34H26ClN3O4. The number of ether oxygens (including phenoxy) is 1. The number of hydrogen-bond donors (Lipinski definition) is 1. The van der Waals surface area contributed by atoms with Gasteiger partial charge in [0.1, 0.15) is 5.75 Å². The summed E-state index contributed by atoms with van der Waals surface area (Å²) >= 11 is 6.34. The summed E-state index contributed by atoms with van der Waals surface area (Å²) in [5, 5.41) is 4.91. The molecule has 0 spiro atoms. The number of imide groups is 1. The first-order chi connectivity index (χ1) is 20.4. The van der Waals surface area contributed by atoms with Crippen LogP contribution in [0.25, 0.3) is 0 Å². The standard InChI is InChI=1S/C34H26ClN3O4/c1-19-14-15-21(35)17-27(19)38-32(40)29-28-23-10-3-5-12-25(23)34(30(29)33(38)41,26-13-6-4-11-24(26)28)18-36-37-31(39)20-8-7-9-22(16-20)42-2/h3-18,28-30H,1-2H3,(H,37,39)/b36-18-/t28?,29-,30-,34?/m1/s1. The Morgan fingerprint density at radius 2 is 1.62 bits per heavy atom. The van der Waals surface area contributed by atoms with Gasteiger partial charge >= 0.3 is 0 Å². The van der Waals surface area contributed by atoms with Crippen molar-refractivity contribution in [1.29, 1.82) is 0 Å². The summed E-state index contributed by atoms with van der Waals surface area (Å²) in [7, 11) is 1.53. The van der Waals surface area contributed by atoms with E-state index in [0.29, 0.717) is 22.0 Å². The molecule has 1 aliphatic heterocycles. The lowest BCUT2D eigenvalue weighted by Crippen LogP contribution is -2.54. The minimum absolute atomic E-state index is 0.262. The molecule has 7 nitrogen and oxygen atoms in total. The highest BCUT2D eigenvalue weighted by Gasteiger charge is 2.68. The van der Waals surface area contributed by atoms with E-state index in [4.69, 9.17) is 16.3 Å². The van der Waals surface area contributed by atoms with Crippen LogP contribution in [-0.4, -0.2) is 31.0 Å². The molecule has 3 amide bonds. The van der Waals surface area contributed by atoms with Crippen molar-refractivity contribution < 1.29 is 19.1 Å². The topological polar surface area (TPSA) is 88.1 Å². The van der Waals surface area contributed by atoms with Crippen LogP contribution in [0.4, 0.5) is 5.69 Å². The second kappa shape index (κ2) is 9.67. The second-order valence-electron chi connectivity index (χ2n) is 10.9. The van der Waals surface area contributed by atoms with Crippen molar-refractivity contribution in [2.24, 2.45) is 16.9 Å². The number of halogens is 1. The predicted molar refractivity (Wildman–Crippen MR) is 160 cm³/mol. The van der Waals surface area contributed by atoms with Gasteiger partial charge in [0, 0.05) is 22.7 Å². The number of rotatable bonds is 5. The van der Waals surface area contributed by atoms with Gasteiger partial charge in [0.2, 0.25) is 11.8 Å². The summed E-state index contributed by atoms with van der Waals surface area (Å²) in [5.41, 5.74) is 6.96. The minimum Gasteiger partial charge on any atom is -0.497 e. The highest BCUT2D eigenvalue weighted by Crippen LogP contribution is 2.63. The predicted octanol–water partition coefficient (Wildman–Crippen LogP) is 5.62. The maximum atomic E-state index is 14.5. The third-order valence-electron chi connectivity index (χ3n) is 8.86. The molecule has 2 bridgehead atoms. The summed E-state index contributed by atoms with van der Waals surface area (Å²) < 4.78 is 5.25. The summed E-state index contributed by atoms with van der Waals surface area (Å²) in [6, 6.07) is 27.8. The Bertz CT molecular complexity index is 1790. The number of aryl methyl sites for hydroxylation is 1. The molecule has 8 rings (SSSR count). The molecule has 0 unspecified atom stereocenters. The van der Waals surface area contributed by atoms with Crippen molar-refractivity contribution in [1.82, 2.24) is 5.43 Å². The fourth-order valence-electron chi connectivity index (χ4n) is 7.13. The molecule has 4 aliphatic rings. The normalized spacial score (nSPS) is 23.5. The largest absolute Gasteiger partial charge is 0.497 e. The van der Waals surface area contributed by atoms with Crippen molar-refractivity contribution in [2.45, 2.75) is 18.3 Å². The molecule has 8 heteroatoms. The fourth-order valence-corrected chi connectivity index (χ4v) is 7.30. The maximum Gasteiger partial charge on any atom is 0.271 e. The van der Waals surface area contributed by atoms with Crippen molar-refractivity contribution in [3.63, 3.8) is 0 Å². The van der Waals surface area contributed by atoms with Gasteiger partial charge in [0.05, 0.1) is 30.0 Å². The van der Waals surface area contributed by atoms with Gasteiger partial charge in [0.15, 0.2) is 0 Å². The Morgan fingerprint density at radius 3 is 2.31 bits per heavy atom. The highest BCUT2D eigenvalue weighted by atomic mass is 35.5. The number of benzene rings is 4. The first kappa shape index (κ1) is 26.2. The Labute approximate surface area is 247 Å². The van der Waals surface area contributed by atoms with Crippen LogP contribution in [0.2, 0.25) is 5.02 Å². The fraction of sp³-hybridized carbons (Fsp3) is 0.176. The molecule has 0 aromatic heterocycles. The number of carbonyl (C=O) groups is 3. The summed E-state index contributed by atoms with van der Waals surface area (Å²) in [6.45, 7) is 1.86. The van der Waals surface area contributed by atoms with Crippen molar-refractivity contribution in [3.8, 4) is 5.75 Å². The van der Waals surface area contributed by atoms with Crippen LogP contribution < -0.4 is 15.1 Å². The quantitative estimate of drug-likeness (QED) is 0.190. The van der Waals surface area contributed by atoms with Crippen LogP contribution in [-0.2, 0) is 15.0 Å².